The minimum atomic E-state index is -1.31. The van der Waals surface area contributed by atoms with Crippen molar-refractivity contribution in [3.63, 3.8) is 0 Å². The van der Waals surface area contributed by atoms with Crippen molar-refractivity contribution in [1.29, 1.82) is 5.26 Å². The number of nitrogens with one attached hydrogen (secondary N) is 1. The van der Waals surface area contributed by atoms with Gasteiger partial charge in [0.05, 0.1) is 18.2 Å². The molecule has 2 amide bonds. The first-order chi connectivity index (χ1) is 11.4. The van der Waals surface area contributed by atoms with Crippen molar-refractivity contribution in [1.82, 2.24) is 10.2 Å². The van der Waals surface area contributed by atoms with Gasteiger partial charge >= 0.3 is 0 Å². The van der Waals surface area contributed by atoms with Crippen molar-refractivity contribution >= 4 is 11.8 Å². The minimum absolute atomic E-state index is 0.0854. The van der Waals surface area contributed by atoms with E-state index in [1.807, 2.05) is 0 Å². The number of methoxy groups -OCH3 is 1. The summed E-state index contributed by atoms with van der Waals surface area (Å²) in [5, 5.41) is 11.2. The molecule has 1 N–H and O–H groups in total. The Bertz CT molecular complexity index is 694. The van der Waals surface area contributed by atoms with Crippen molar-refractivity contribution in [3.8, 4) is 6.07 Å². The molecular formula is C16H17F2N3O3. The summed E-state index contributed by atoms with van der Waals surface area (Å²) in [4.78, 5) is 26.2. The number of rotatable bonds is 4. The predicted octanol–water partition coefficient (Wildman–Crippen LogP) is 1.20. The van der Waals surface area contributed by atoms with Crippen LogP contribution in [0.25, 0.3) is 0 Å². The van der Waals surface area contributed by atoms with E-state index >= 15 is 0 Å². The van der Waals surface area contributed by atoms with Gasteiger partial charge in [-0.1, -0.05) is 0 Å². The molecule has 1 aliphatic heterocycles. The van der Waals surface area contributed by atoms with E-state index in [-0.39, 0.29) is 18.7 Å². The van der Waals surface area contributed by atoms with Gasteiger partial charge in [-0.3, -0.25) is 9.59 Å². The Hall–Kier alpha value is -2.53. The molecule has 0 bridgehead atoms. The van der Waals surface area contributed by atoms with Gasteiger partial charge in [0.15, 0.2) is 0 Å². The van der Waals surface area contributed by atoms with Crippen molar-refractivity contribution in [2.75, 3.05) is 27.3 Å². The maximum Gasteiger partial charge on any atom is 0.260 e. The SMILES string of the molecule is CNC(=O)C1(COC)CCCN1C(=O)c1c(F)cc(C#N)cc1F. The molecule has 0 spiro atoms. The summed E-state index contributed by atoms with van der Waals surface area (Å²) < 4.78 is 33.4. The molecule has 1 atom stereocenters. The van der Waals surface area contributed by atoms with Crippen molar-refractivity contribution in [3.05, 3.63) is 34.9 Å². The Balaban J connectivity index is 2.49. The summed E-state index contributed by atoms with van der Waals surface area (Å²) in [6.45, 7) is 0.0897. The van der Waals surface area contributed by atoms with Gasteiger partial charge in [-0.2, -0.15) is 5.26 Å². The first-order valence-corrected chi connectivity index (χ1v) is 7.33. The number of likely N-dealkylation sites (tertiary alicyclic amines) is 1. The van der Waals surface area contributed by atoms with E-state index in [1.165, 1.54) is 14.2 Å². The van der Waals surface area contributed by atoms with Crippen LogP contribution in [0.15, 0.2) is 12.1 Å². The van der Waals surface area contributed by atoms with Gasteiger partial charge in [0, 0.05) is 20.7 Å². The van der Waals surface area contributed by atoms with Crippen LogP contribution in [0.5, 0.6) is 0 Å². The number of nitrogens with zero attached hydrogens (tertiary/aromatic N) is 2. The molecule has 128 valence electrons. The number of likely N-dealkylation sites (N-methyl/N-ethyl adjacent to an activating group) is 1. The van der Waals surface area contributed by atoms with Gasteiger partial charge in [-0.25, -0.2) is 8.78 Å². The fourth-order valence-corrected chi connectivity index (χ4v) is 3.07. The van der Waals surface area contributed by atoms with Crippen LogP contribution in [0, 0.1) is 23.0 Å². The van der Waals surface area contributed by atoms with Gasteiger partial charge in [0.25, 0.3) is 5.91 Å². The van der Waals surface area contributed by atoms with Crippen LogP contribution in [0.3, 0.4) is 0 Å². The highest BCUT2D eigenvalue weighted by atomic mass is 19.1. The van der Waals surface area contributed by atoms with Crippen molar-refractivity contribution < 1.29 is 23.1 Å². The number of hydrogen-bond donors (Lipinski definition) is 1. The number of carbonyl (C=O) groups is 2. The van der Waals surface area contributed by atoms with Crippen LogP contribution in [0.4, 0.5) is 8.78 Å². The summed E-state index contributed by atoms with van der Waals surface area (Å²) in [5.41, 5.74) is -2.31. The van der Waals surface area contributed by atoms with Gasteiger partial charge in [0.1, 0.15) is 22.7 Å². The first-order valence-electron chi connectivity index (χ1n) is 7.33. The molecule has 1 aliphatic rings. The number of ether oxygens (including phenoxy) is 1. The second kappa shape index (κ2) is 6.93. The summed E-state index contributed by atoms with van der Waals surface area (Å²) in [6, 6.07) is 3.21. The Labute approximate surface area is 138 Å². The molecule has 1 aromatic carbocycles. The summed E-state index contributed by atoms with van der Waals surface area (Å²) >= 11 is 0. The number of amides is 2. The van der Waals surface area contributed by atoms with Gasteiger partial charge in [-0.05, 0) is 25.0 Å². The van der Waals surface area contributed by atoms with Crippen LogP contribution in [0.2, 0.25) is 0 Å². The second-order valence-corrected chi connectivity index (χ2v) is 5.53. The Kier molecular flexibility index (Phi) is 5.14. The number of carbonyl (C=O) groups excluding carboxylic acids is 2. The van der Waals surface area contributed by atoms with Crippen molar-refractivity contribution in [2.45, 2.75) is 18.4 Å². The summed E-state index contributed by atoms with van der Waals surface area (Å²) in [5.74, 6) is -3.66. The molecule has 1 saturated heterocycles. The average Bonchev–Trinajstić information content (AvgIpc) is 2.98. The zero-order valence-electron chi connectivity index (χ0n) is 13.4. The number of hydrogen-bond acceptors (Lipinski definition) is 4. The lowest BCUT2D eigenvalue weighted by Crippen LogP contribution is -2.59. The number of nitriles is 1. The Morgan fingerprint density at radius 2 is 2.04 bits per heavy atom. The van der Waals surface area contributed by atoms with E-state index in [0.29, 0.717) is 12.8 Å². The maximum atomic E-state index is 14.2. The average molecular weight is 337 g/mol. The third-order valence-corrected chi connectivity index (χ3v) is 4.15. The third-order valence-electron chi connectivity index (χ3n) is 4.15. The molecule has 1 fully saturated rings. The fourth-order valence-electron chi connectivity index (χ4n) is 3.07. The molecule has 1 heterocycles. The normalized spacial score (nSPS) is 19.9. The predicted molar refractivity (Wildman–Crippen MR) is 80.0 cm³/mol. The standard InChI is InChI=1S/C16H17F2N3O3/c1-20-15(23)16(9-24-2)4-3-5-21(16)14(22)13-11(17)6-10(8-19)7-12(13)18/h6-7H,3-5,9H2,1-2H3,(H,20,23). The molecule has 0 aliphatic carbocycles. The fraction of sp³-hybridized carbons (Fsp3) is 0.438. The summed E-state index contributed by atoms with van der Waals surface area (Å²) in [7, 11) is 2.80. The highest BCUT2D eigenvalue weighted by Crippen LogP contribution is 2.32. The van der Waals surface area contributed by atoms with Gasteiger partial charge < -0.3 is 15.0 Å². The lowest BCUT2D eigenvalue weighted by atomic mass is 9.95. The molecule has 0 aromatic heterocycles. The molecule has 0 saturated carbocycles. The zero-order valence-corrected chi connectivity index (χ0v) is 13.4. The van der Waals surface area contributed by atoms with Crippen molar-refractivity contribution in [2.24, 2.45) is 0 Å². The number of benzene rings is 1. The van der Waals surface area contributed by atoms with Crippen LogP contribution in [0.1, 0.15) is 28.8 Å². The second-order valence-electron chi connectivity index (χ2n) is 5.53. The quantitative estimate of drug-likeness (QED) is 0.895. The molecule has 0 radical (unpaired) electrons. The molecule has 24 heavy (non-hydrogen) atoms. The largest absolute Gasteiger partial charge is 0.382 e. The highest BCUT2D eigenvalue weighted by Gasteiger charge is 2.50. The van der Waals surface area contributed by atoms with Crippen LogP contribution in [-0.4, -0.2) is 49.6 Å². The Morgan fingerprint density at radius 1 is 1.42 bits per heavy atom. The molecule has 1 unspecified atom stereocenters. The van der Waals surface area contributed by atoms with E-state index in [2.05, 4.69) is 5.32 Å². The molecule has 2 rings (SSSR count). The Morgan fingerprint density at radius 3 is 2.54 bits per heavy atom. The highest BCUT2D eigenvalue weighted by molar-refractivity contribution is 6.00. The topological polar surface area (TPSA) is 82.4 Å². The molecule has 1 aromatic rings. The van der Waals surface area contributed by atoms with Crippen LogP contribution < -0.4 is 5.32 Å². The van der Waals surface area contributed by atoms with Gasteiger partial charge in [0.2, 0.25) is 5.91 Å². The molecule has 6 nitrogen and oxygen atoms in total. The van der Waals surface area contributed by atoms with E-state index < -0.39 is 34.6 Å². The smallest absolute Gasteiger partial charge is 0.260 e. The molecule has 8 heteroatoms. The van der Waals surface area contributed by atoms with Crippen LogP contribution >= 0.6 is 0 Å². The lowest BCUT2D eigenvalue weighted by Gasteiger charge is -2.36. The first kappa shape index (κ1) is 17.8. The van der Waals surface area contributed by atoms with Crippen LogP contribution in [-0.2, 0) is 9.53 Å². The monoisotopic (exact) mass is 337 g/mol. The minimum Gasteiger partial charge on any atom is -0.382 e. The van der Waals surface area contributed by atoms with E-state index in [0.717, 1.165) is 17.0 Å². The maximum absolute atomic E-state index is 14.2. The summed E-state index contributed by atoms with van der Waals surface area (Å²) in [6.07, 6.45) is 0.827. The zero-order chi connectivity index (χ0) is 17.9. The van der Waals surface area contributed by atoms with E-state index in [4.69, 9.17) is 10.00 Å². The van der Waals surface area contributed by atoms with E-state index in [9.17, 15) is 18.4 Å². The van der Waals surface area contributed by atoms with Gasteiger partial charge in [-0.15, -0.1) is 0 Å². The third kappa shape index (κ3) is 2.83. The lowest BCUT2D eigenvalue weighted by molar-refractivity contribution is -0.133. The number of halogens is 2. The molecular weight excluding hydrogens is 320 g/mol. The van der Waals surface area contributed by atoms with E-state index in [1.54, 1.807) is 6.07 Å².